The average molecular weight is 315 g/mol. The molecule has 2 aromatic rings. The molecule has 1 N–H and O–H groups in total. The number of aromatic nitrogens is 3. The summed E-state index contributed by atoms with van der Waals surface area (Å²) in [6.07, 6.45) is 6.49. The van der Waals surface area contributed by atoms with Crippen molar-refractivity contribution in [2.45, 2.75) is 39.2 Å². The summed E-state index contributed by atoms with van der Waals surface area (Å²) in [5.74, 6) is 0. The second-order valence-electron chi connectivity index (χ2n) is 5.66. The Morgan fingerprint density at radius 3 is 2.65 bits per heavy atom. The van der Waals surface area contributed by atoms with E-state index in [4.69, 9.17) is 0 Å². The van der Waals surface area contributed by atoms with Crippen molar-refractivity contribution in [1.82, 2.24) is 25.0 Å². The molecule has 2 amide bonds. The Bertz CT molecular complexity index is 594. The van der Waals surface area contributed by atoms with Crippen molar-refractivity contribution in [2.24, 2.45) is 0 Å². The van der Waals surface area contributed by atoms with Gasteiger partial charge in [-0.15, -0.1) is 0 Å². The molecule has 0 fully saturated rings. The molecule has 0 aliphatic heterocycles. The highest BCUT2D eigenvalue weighted by Gasteiger charge is 2.16. The molecule has 1 aromatic carbocycles. The lowest BCUT2D eigenvalue weighted by Crippen LogP contribution is -2.39. The van der Waals surface area contributed by atoms with E-state index in [-0.39, 0.29) is 12.1 Å². The molecule has 124 valence electrons. The van der Waals surface area contributed by atoms with Crippen molar-refractivity contribution in [3.8, 4) is 5.69 Å². The lowest BCUT2D eigenvalue weighted by atomic mass is 10.1. The van der Waals surface area contributed by atoms with Crippen LogP contribution in [0.1, 0.15) is 44.7 Å². The van der Waals surface area contributed by atoms with Crippen molar-refractivity contribution in [3.05, 3.63) is 42.5 Å². The van der Waals surface area contributed by atoms with Crippen LogP contribution in [0.15, 0.2) is 36.9 Å². The lowest BCUT2D eigenvalue weighted by molar-refractivity contribution is 0.194. The summed E-state index contributed by atoms with van der Waals surface area (Å²) >= 11 is 0. The summed E-state index contributed by atoms with van der Waals surface area (Å²) in [7, 11) is 1.82. The number of unbranched alkanes of at least 4 members (excludes halogenated alkanes) is 2. The first-order chi connectivity index (χ1) is 11.1. The summed E-state index contributed by atoms with van der Waals surface area (Å²) in [5, 5.41) is 7.07. The minimum absolute atomic E-state index is 0.00553. The van der Waals surface area contributed by atoms with Crippen LogP contribution in [0.25, 0.3) is 5.69 Å². The number of nitrogens with one attached hydrogen (secondary N) is 1. The Morgan fingerprint density at radius 2 is 2.04 bits per heavy atom. The molecule has 6 heteroatoms. The molecule has 1 atom stereocenters. The van der Waals surface area contributed by atoms with Gasteiger partial charge in [-0.3, -0.25) is 0 Å². The van der Waals surface area contributed by atoms with Gasteiger partial charge in [-0.2, -0.15) is 5.10 Å². The Labute approximate surface area is 137 Å². The van der Waals surface area contributed by atoms with Gasteiger partial charge in [-0.05, 0) is 31.0 Å². The zero-order valence-electron chi connectivity index (χ0n) is 14.1. The lowest BCUT2D eigenvalue weighted by Gasteiger charge is -2.25. The van der Waals surface area contributed by atoms with Crippen LogP contribution in [0.3, 0.4) is 0 Å². The largest absolute Gasteiger partial charge is 0.338 e. The van der Waals surface area contributed by atoms with Crippen molar-refractivity contribution < 1.29 is 4.79 Å². The van der Waals surface area contributed by atoms with Gasteiger partial charge in [0.15, 0.2) is 0 Å². The highest BCUT2D eigenvalue weighted by molar-refractivity contribution is 5.74. The minimum Gasteiger partial charge on any atom is -0.338 e. The molecule has 2 rings (SSSR count). The predicted octanol–water partition coefficient (Wildman–Crippen LogP) is 3.16. The van der Waals surface area contributed by atoms with E-state index in [1.165, 1.54) is 6.33 Å². The molecule has 0 aliphatic rings. The van der Waals surface area contributed by atoms with Crippen LogP contribution in [0.5, 0.6) is 0 Å². The van der Waals surface area contributed by atoms with Crippen LogP contribution in [-0.4, -0.2) is 39.3 Å². The van der Waals surface area contributed by atoms with Gasteiger partial charge >= 0.3 is 6.03 Å². The topological polar surface area (TPSA) is 63.1 Å². The van der Waals surface area contributed by atoms with Gasteiger partial charge in [-0.25, -0.2) is 14.5 Å². The first-order valence-electron chi connectivity index (χ1n) is 8.09. The third-order valence-electron chi connectivity index (χ3n) is 4.02. The molecule has 1 aromatic heterocycles. The summed E-state index contributed by atoms with van der Waals surface area (Å²) in [5.41, 5.74) is 2.03. The molecule has 23 heavy (non-hydrogen) atoms. The average Bonchev–Trinajstić information content (AvgIpc) is 3.12. The summed E-state index contributed by atoms with van der Waals surface area (Å²) < 4.78 is 1.71. The molecule has 0 saturated carbocycles. The fourth-order valence-electron chi connectivity index (χ4n) is 2.34. The standard InChI is InChI=1S/C17H25N5O/c1-4-5-6-11-19-17(23)21(3)14(2)15-7-9-16(10-8-15)22-13-18-12-20-22/h7-10,12-14H,4-6,11H2,1-3H3,(H,19,23). The Kier molecular flexibility index (Phi) is 6.14. The van der Waals surface area contributed by atoms with Crippen LogP contribution in [0, 0.1) is 0 Å². The van der Waals surface area contributed by atoms with Crippen LogP contribution in [0.4, 0.5) is 4.79 Å². The Morgan fingerprint density at radius 1 is 1.30 bits per heavy atom. The van der Waals surface area contributed by atoms with E-state index in [9.17, 15) is 4.79 Å². The number of urea groups is 1. The summed E-state index contributed by atoms with van der Waals surface area (Å²) in [6.45, 7) is 4.91. The van der Waals surface area contributed by atoms with E-state index >= 15 is 0 Å². The minimum atomic E-state index is -0.0334. The van der Waals surface area contributed by atoms with Gasteiger partial charge in [-0.1, -0.05) is 31.9 Å². The smallest absolute Gasteiger partial charge is 0.317 e. The maximum absolute atomic E-state index is 12.2. The van der Waals surface area contributed by atoms with Crippen molar-refractivity contribution in [3.63, 3.8) is 0 Å². The third kappa shape index (κ3) is 4.55. The second-order valence-corrected chi connectivity index (χ2v) is 5.66. The van der Waals surface area contributed by atoms with Crippen LogP contribution < -0.4 is 5.32 Å². The monoisotopic (exact) mass is 315 g/mol. The van der Waals surface area contributed by atoms with E-state index in [1.54, 1.807) is 15.9 Å². The van der Waals surface area contributed by atoms with Crippen molar-refractivity contribution >= 4 is 6.03 Å². The quantitative estimate of drug-likeness (QED) is 0.798. The van der Waals surface area contributed by atoms with Gasteiger partial charge in [0.1, 0.15) is 12.7 Å². The number of amides is 2. The van der Waals surface area contributed by atoms with Crippen LogP contribution in [-0.2, 0) is 0 Å². The zero-order valence-corrected chi connectivity index (χ0v) is 14.1. The first kappa shape index (κ1) is 17.0. The number of rotatable bonds is 7. The fraction of sp³-hybridized carbons (Fsp3) is 0.471. The molecular formula is C17H25N5O. The van der Waals surface area contributed by atoms with E-state index in [0.29, 0.717) is 0 Å². The molecule has 0 radical (unpaired) electrons. The summed E-state index contributed by atoms with van der Waals surface area (Å²) in [4.78, 5) is 17.8. The molecule has 1 unspecified atom stereocenters. The maximum atomic E-state index is 12.2. The Hall–Kier alpha value is -2.37. The van der Waals surface area contributed by atoms with Gasteiger partial charge in [0.25, 0.3) is 0 Å². The van der Waals surface area contributed by atoms with Gasteiger partial charge in [0.05, 0.1) is 11.7 Å². The SMILES string of the molecule is CCCCCNC(=O)N(C)C(C)c1ccc(-n2cncn2)cc1. The Balaban J connectivity index is 1.93. The molecule has 0 aliphatic carbocycles. The normalized spacial score (nSPS) is 12.0. The van der Waals surface area contributed by atoms with E-state index in [1.807, 2.05) is 38.2 Å². The molecule has 1 heterocycles. The van der Waals surface area contributed by atoms with Gasteiger partial charge < -0.3 is 10.2 Å². The maximum Gasteiger partial charge on any atom is 0.317 e. The van der Waals surface area contributed by atoms with Crippen molar-refractivity contribution in [1.29, 1.82) is 0 Å². The van der Waals surface area contributed by atoms with E-state index < -0.39 is 0 Å². The molecular weight excluding hydrogens is 290 g/mol. The van der Waals surface area contributed by atoms with Crippen LogP contribution >= 0.6 is 0 Å². The summed E-state index contributed by atoms with van der Waals surface area (Å²) in [6, 6.07) is 7.96. The first-order valence-corrected chi connectivity index (χ1v) is 8.09. The van der Waals surface area contributed by atoms with Gasteiger partial charge in [0, 0.05) is 13.6 Å². The zero-order chi connectivity index (χ0) is 16.7. The molecule has 0 saturated heterocycles. The fourth-order valence-corrected chi connectivity index (χ4v) is 2.34. The molecule has 0 bridgehead atoms. The molecule has 0 spiro atoms. The number of nitrogens with zero attached hydrogens (tertiary/aromatic N) is 4. The van der Waals surface area contributed by atoms with E-state index in [0.717, 1.165) is 37.1 Å². The van der Waals surface area contributed by atoms with Crippen molar-refractivity contribution in [2.75, 3.05) is 13.6 Å². The number of hydrogen-bond acceptors (Lipinski definition) is 3. The number of benzene rings is 1. The number of carbonyl (C=O) groups excluding carboxylic acids is 1. The van der Waals surface area contributed by atoms with Gasteiger partial charge in [0.2, 0.25) is 0 Å². The highest BCUT2D eigenvalue weighted by Crippen LogP contribution is 2.20. The third-order valence-corrected chi connectivity index (χ3v) is 4.02. The predicted molar refractivity (Wildman–Crippen MR) is 90.5 cm³/mol. The highest BCUT2D eigenvalue weighted by atomic mass is 16.2. The molecule has 6 nitrogen and oxygen atoms in total. The second kappa shape index (κ2) is 8.31. The van der Waals surface area contributed by atoms with Crippen LogP contribution in [0.2, 0.25) is 0 Å². The van der Waals surface area contributed by atoms with E-state index in [2.05, 4.69) is 22.3 Å². The number of hydrogen-bond donors (Lipinski definition) is 1. The number of carbonyl (C=O) groups is 1.